The Kier molecular flexibility index (Phi) is 16.3. The molecule has 1 aliphatic carbocycles. The predicted molar refractivity (Wildman–Crippen MR) is 174 cm³/mol. The normalized spacial score (nSPS) is 13.3. The Morgan fingerprint density at radius 1 is 1.14 bits per heavy atom. The van der Waals surface area contributed by atoms with E-state index in [9.17, 15) is 14.3 Å². The zero-order chi connectivity index (χ0) is 33.3. The molecule has 10 nitrogen and oxygen atoms in total. The minimum absolute atomic E-state index is 0.00694. The van der Waals surface area contributed by atoms with Crippen LogP contribution < -0.4 is 20.1 Å². The van der Waals surface area contributed by atoms with Gasteiger partial charge in [-0.2, -0.15) is 0 Å². The molecule has 1 amide bonds. The third-order valence-corrected chi connectivity index (χ3v) is 6.76. The van der Waals surface area contributed by atoms with Crippen LogP contribution in [0.5, 0.6) is 11.5 Å². The fourth-order valence-corrected chi connectivity index (χ4v) is 4.20. The molecule has 0 saturated heterocycles. The first-order valence-corrected chi connectivity index (χ1v) is 14.3. The third kappa shape index (κ3) is 10.1. The Morgan fingerprint density at radius 2 is 1.82 bits per heavy atom. The zero-order valence-electron chi connectivity index (χ0n) is 26.7. The Balaban J connectivity index is 0.000000766. The molecule has 0 bridgehead atoms. The van der Waals surface area contributed by atoms with Crippen LogP contribution in [-0.2, 0) is 5.60 Å². The molecule has 1 saturated carbocycles. The lowest BCUT2D eigenvalue weighted by molar-refractivity contribution is 0.00953. The fourth-order valence-electron chi connectivity index (χ4n) is 4.20. The highest BCUT2D eigenvalue weighted by atomic mass is 19.1. The van der Waals surface area contributed by atoms with Gasteiger partial charge in [0.1, 0.15) is 41.1 Å². The van der Waals surface area contributed by atoms with Crippen molar-refractivity contribution < 1.29 is 28.9 Å². The molecule has 1 unspecified atom stereocenters. The monoisotopic (exact) mass is 611 g/mol. The Morgan fingerprint density at radius 3 is 2.32 bits per heavy atom. The second-order valence-corrected chi connectivity index (χ2v) is 9.40. The van der Waals surface area contributed by atoms with Crippen LogP contribution in [0.2, 0.25) is 0 Å². The number of likely N-dealkylation sites (N-methyl/N-ethyl adjacent to an activating group) is 1. The summed E-state index contributed by atoms with van der Waals surface area (Å²) in [6.45, 7) is 8.19. The number of aryl methyl sites for hydroxylation is 1. The summed E-state index contributed by atoms with van der Waals surface area (Å²) in [5.41, 5.74) is 1.23. The van der Waals surface area contributed by atoms with Crippen molar-refractivity contribution in [3.05, 3.63) is 77.2 Å². The molecule has 5 N–H and O–H groups in total. The predicted octanol–water partition coefficient (Wildman–Crippen LogP) is 4.76. The van der Waals surface area contributed by atoms with Crippen molar-refractivity contribution in [2.75, 3.05) is 41.5 Å². The number of nitrogens with zero attached hydrogens (tertiary/aromatic N) is 2. The lowest BCUT2D eigenvalue weighted by Crippen LogP contribution is -2.43. The second kappa shape index (κ2) is 19.0. The number of aromatic nitrogens is 1. The molecule has 2 aromatic carbocycles. The number of halogens is 1. The maximum absolute atomic E-state index is 13.8. The maximum atomic E-state index is 13.8. The average Bonchev–Trinajstić information content (AvgIpc) is 3.94. The molecule has 44 heavy (non-hydrogen) atoms. The smallest absolute Gasteiger partial charge is 0.251 e. The van der Waals surface area contributed by atoms with Gasteiger partial charge in [0.2, 0.25) is 0 Å². The minimum Gasteiger partial charge on any atom is -0.497 e. The maximum Gasteiger partial charge on any atom is 0.251 e. The molecule has 1 heterocycles. The first-order valence-electron chi connectivity index (χ1n) is 14.3. The van der Waals surface area contributed by atoms with Gasteiger partial charge in [-0.15, -0.1) is 0 Å². The SMILES string of the molecule is C=N.CC.CN=C(CO)NC.COc1cccc(C(=O)NCC(O)(c2ccc(OC)c(-c3ccc(F)c(C)c3)n2)C2CC2)c1. The van der Waals surface area contributed by atoms with E-state index in [-0.39, 0.29) is 30.8 Å². The number of benzene rings is 2. The summed E-state index contributed by atoms with van der Waals surface area (Å²) in [5.74, 6) is 1.07. The van der Waals surface area contributed by atoms with Crippen molar-refractivity contribution in [2.24, 2.45) is 10.9 Å². The molecule has 1 atom stereocenters. The van der Waals surface area contributed by atoms with Crippen molar-refractivity contribution in [2.45, 2.75) is 39.2 Å². The number of ether oxygens (including phenoxy) is 2. The van der Waals surface area contributed by atoms with Crippen molar-refractivity contribution in [1.82, 2.24) is 15.6 Å². The number of aliphatic hydroxyl groups excluding tert-OH is 1. The number of nitrogens with one attached hydrogen (secondary N) is 3. The molecular formula is C33H46FN5O5. The van der Waals surface area contributed by atoms with Gasteiger partial charge in [-0.25, -0.2) is 9.37 Å². The van der Waals surface area contributed by atoms with Crippen LogP contribution in [0.4, 0.5) is 4.39 Å². The van der Waals surface area contributed by atoms with E-state index in [4.69, 9.17) is 25.0 Å². The van der Waals surface area contributed by atoms with Crippen molar-refractivity contribution >= 4 is 18.5 Å². The lowest BCUT2D eigenvalue weighted by Gasteiger charge is -2.29. The Bertz CT molecular complexity index is 1360. The van der Waals surface area contributed by atoms with Crippen LogP contribution in [0.15, 0.2) is 59.6 Å². The largest absolute Gasteiger partial charge is 0.497 e. The van der Waals surface area contributed by atoms with Crippen LogP contribution in [0, 0.1) is 24.1 Å². The molecule has 1 fully saturated rings. The molecule has 3 aromatic rings. The fraction of sp³-hybridized carbons (Fsp3) is 0.394. The van der Waals surface area contributed by atoms with Crippen LogP contribution >= 0.6 is 0 Å². The summed E-state index contributed by atoms with van der Waals surface area (Å²) in [5, 5.41) is 31.0. The van der Waals surface area contributed by atoms with E-state index in [0.29, 0.717) is 45.4 Å². The van der Waals surface area contributed by atoms with E-state index in [1.54, 1.807) is 76.7 Å². The summed E-state index contributed by atoms with van der Waals surface area (Å²) in [7, 11) is 6.43. The van der Waals surface area contributed by atoms with Crippen LogP contribution in [-0.4, -0.2) is 75.1 Å². The standard InChI is InChI=1S/C26H27FN2O4.C4H10N2O.C2H6.CH3N/c1-16-13-17(7-10-21(16)27)24-22(33-3)11-12-23(29-24)26(31,19-8-9-19)15-28-25(30)18-5-4-6-20(14-18)32-2;1-5-4(3-7)6-2;2*1-2/h4-7,10-14,19,31H,8-9,15H2,1-3H3,(H,28,30);7H,3H2,1-2H3,(H,5,6);1-2H3;2H,1H2. The number of carbonyl (C=O) groups excluding carboxylic acids is 1. The third-order valence-electron chi connectivity index (χ3n) is 6.76. The van der Waals surface area contributed by atoms with Gasteiger partial charge >= 0.3 is 0 Å². The van der Waals surface area contributed by atoms with Gasteiger partial charge in [0.05, 0.1) is 26.5 Å². The van der Waals surface area contributed by atoms with Crippen molar-refractivity contribution in [1.29, 1.82) is 5.41 Å². The molecule has 1 aromatic heterocycles. The number of carbonyl (C=O) groups is 1. The highest BCUT2D eigenvalue weighted by molar-refractivity contribution is 5.94. The number of aliphatic hydroxyl groups is 2. The summed E-state index contributed by atoms with van der Waals surface area (Å²) in [6, 6.07) is 15.0. The molecule has 0 spiro atoms. The van der Waals surface area contributed by atoms with Gasteiger partial charge in [0.25, 0.3) is 5.91 Å². The average molecular weight is 612 g/mol. The van der Waals surface area contributed by atoms with Gasteiger partial charge < -0.3 is 35.7 Å². The first kappa shape index (κ1) is 37.7. The number of hydrogen-bond acceptors (Lipinski definition) is 8. The summed E-state index contributed by atoms with van der Waals surface area (Å²) < 4.78 is 24.5. The minimum atomic E-state index is -1.34. The molecule has 0 aliphatic heterocycles. The number of rotatable bonds is 9. The summed E-state index contributed by atoms with van der Waals surface area (Å²) >= 11 is 0. The quantitative estimate of drug-likeness (QED) is 0.173. The van der Waals surface area contributed by atoms with Gasteiger partial charge in [-0.3, -0.25) is 9.79 Å². The topological polar surface area (TPSA) is 149 Å². The number of amides is 1. The molecule has 240 valence electrons. The first-order chi connectivity index (χ1) is 21.2. The van der Waals surface area contributed by atoms with Gasteiger partial charge in [-0.1, -0.05) is 19.9 Å². The molecule has 1 aliphatic rings. The number of hydrogen-bond donors (Lipinski definition) is 5. The van der Waals surface area contributed by atoms with E-state index in [1.807, 2.05) is 13.8 Å². The van der Waals surface area contributed by atoms with Crippen LogP contribution in [0.25, 0.3) is 11.3 Å². The number of amidine groups is 1. The molecule has 0 radical (unpaired) electrons. The highest BCUT2D eigenvalue weighted by Gasteiger charge is 2.46. The van der Waals surface area contributed by atoms with Gasteiger partial charge in [-0.05, 0) is 86.5 Å². The molecule has 4 rings (SSSR count). The van der Waals surface area contributed by atoms with E-state index in [1.165, 1.54) is 13.2 Å². The Hall–Kier alpha value is -4.35. The number of aliphatic imine (C=N–C) groups is 1. The van der Waals surface area contributed by atoms with Crippen molar-refractivity contribution in [3.63, 3.8) is 0 Å². The molecule has 11 heteroatoms. The summed E-state index contributed by atoms with van der Waals surface area (Å²) in [4.78, 5) is 21.1. The van der Waals surface area contributed by atoms with Gasteiger partial charge in [0, 0.05) is 25.2 Å². The van der Waals surface area contributed by atoms with Crippen LogP contribution in [0.1, 0.15) is 48.3 Å². The van der Waals surface area contributed by atoms with Gasteiger partial charge in [0.15, 0.2) is 0 Å². The highest BCUT2D eigenvalue weighted by Crippen LogP contribution is 2.46. The van der Waals surface area contributed by atoms with E-state index >= 15 is 0 Å². The van der Waals surface area contributed by atoms with Crippen molar-refractivity contribution in [3.8, 4) is 22.8 Å². The molecular weight excluding hydrogens is 565 g/mol. The van der Waals surface area contributed by atoms with E-state index < -0.39 is 5.60 Å². The number of pyridine rings is 1. The second-order valence-electron chi connectivity index (χ2n) is 9.40. The summed E-state index contributed by atoms with van der Waals surface area (Å²) in [6.07, 6.45) is 1.68. The zero-order valence-corrected chi connectivity index (χ0v) is 26.7. The van der Waals surface area contributed by atoms with Crippen LogP contribution in [0.3, 0.4) is 0 Å². The van der Waals surface area contributed by atoms with E-state index in [2.05, 4.69) is 22.3 Å². The van der Waals surface area contributed by atoms with E-state index in [0.717, 1.165) is 12.8 Å². The number of methoxy groups -OCH3 is 2. The lowest BCUT2D eigenvalue weighted by atomic mass is 9.92. The Labute approximate surface area is 259 Å².